The number of methoxy groups -OCH3 is 1. The number of nitrogens with zero attached hydrogens (tertiary/aromatic N) is 5. The zero-order valence-corrected chi connectivity index (χ0v) is 19.9. The summed E-state index contributed by atoms with van der Waals surface area (Å²) in [5, 5.41) is 12.0. The van der Waals surface area contributed by atoms with Crippen LogP contribution in [0.15, 0.2) is 59.6 Å². The van der Waals surface area contributed by atoms with E-state index in [-0.39, 0.29) is 0 Å². The standard InChI is InChI=1S/C26H34N6O/c1-20-29-30-25(31(20)2)19-28-26(27-18-23-9-11-24(33-3)12-10-23)32-15-13-22(14-16-32)17-21-7-5-4-6-8-21/h4-12,22H,13-19H2,1-3H3,(H,27,28). The van der Waals surface area contributed by atoms with Crippen molar-refractivity contribution in [3.63, 3.8) is 0 Å². The Hall–Kier alpha value is -3.35. The van der Waals surface area contributed by atoms with E-state index in [2.05, 4.69) is 62.9 Å². The molecule has 1 N–H and O–H groups in total. The van der Waals surface area contributed by atoms with Crippen LogP contribution >= 0.6 is 0 Å². The van der Waals surface area contributed by atoms with E-state index in [1.807, 2.05) is 30.7 Å². The molecule has 1 aliphatic heterocycles. The number of nitrogens with one attached hydrogen (secondary N) is 1. The molecule has 0 spiro atoms. The minimum atomic E-state index is 0.600. The molecule has 2 heterocycles. The van der Waals surface area contributed by atoms with E-state index < -0.39 is 0 Å². The number of aliphatic imine (C=N–C) groups is 1. The molecule has 174 valence electrons. The third-order valence-corrected chi connectivity index (χ3v) is 6.44. The highest BCUT2D eigenvalue weighted by atomic mass is 16.5. The first-order valence-electron chi connectivity index (χ1n) is 11.7. The number of benzene rings is 2. The van der Waals surface area contributed by atoms with E-state index in [1.165, 1.54) is 18.4 Å². The summed E-state index contributed by atoms with van der Waals surface area (Å²) in [5.41, 5.74) is 2.59. The average Bonchev–Trinajstić information content (AvgIpc) is 3.18. The van der Waals surface area contributed by atoms with Crippen LogP contribution in [0.2, 0.25) is 0 Å². The lowest BCUT2D eigenvalue weighted by molar-refractivity contribution is 0.258. The molecular weight excluding hydrogens is 412 g/mol. The summed E-state index contributed by atoms with van der Waals surface area (Å²) in [6, 6.07) is 18.9. The van der Waals surface area contributed by atoms with Crippen LogP contribution in [-0.4, -0.2) is 45.8 Å². The maximum Gasteiger partial charge on any atom is 0.194 e. The van der Waals surface area contributed by atoms with Crippen LogP contribution in [0.1, 0.15) is 35.6 Å². The van der Waals surface area contributed by atoms with Gasteiger partial charge in [0.2, 0.25) is 0 Å². The number of piperidine rings is 1. The van der Waals surface area contributed by atoms with E-state index in [0.717, 1.165) is 48.4 Å². The Kier molecular flexibility index (Phi) is 7.60. The van der Waals surface area contributed by atoms with Gasteiger partial charge in [0.15, 0.2) is 11.8 Å². The summed E-state index contributed by atoms with van der Waals surface area (Å²) >= 11 is 0. The Balaban J connectivity index is 1.41. The van der Waals surface area contributed by atoms with Crippen LogP contribution in [0.5, 0.6) is 5.75 Å². The van der Waals surface area contributed by atoms with Gasteiger partial charge in [-0.3, -0.25) is 0 Å². The quantitative estimate of drug-likeness (QED) is 0.442. The maximum atomic E-state index is 5.27. The first-order valence-corrected chi connectivity index (χ1v) is 11.7. The average molecular weight is 447 g/mol. The van der Waals surface area contributed by atoms with Gasteiger partial charge in [-0.05, 0) is 55.4 Å². The van der Waals surface area contributed by atoms with Gasteiger partial charge in [-0.1, -0.05) is 42.5 Å². The number of aromatic nitrogens is 3. The Morgan fingerprint density at radius 3 is 2.39 bits per heavy atom. The molecule has 7 nitrogen and oxygen atoms in total. The summed E-state index contributed by atoms with van der Waals surface area (Å²) in [4.78, 5) is 7.35. The SMILES string of the molecule is COc1ccc(CN=C(NCc2nnc(C)n2C)N2CCC(Cc3ccccc3)CC2)cc1. The van der Waals surface area contributed by atoms with Crippen LogP contribution in [0.25, 0.3) is 0 Å². The highest BCUT2D eigenvalue weighted by Gasteiger charge is 2.22. The molecule has 0 aliphatic carbocycles. The summed E-state index contributed by atoms with van der Waals surface area (Å²) < 4.78 is 7.29. The van der Waals surface area contributed by atoms with Gasteiger partial charge >= 0.3 is 0 Å². The summed E-state index contributed by atoms with van der Waals surface area (Å²) in [6.07, 6.45) is 3.49. The number of aryl methyl sites for hydroxylation is 1. The number of hydrogen-bond donors (Lipinski definition) is 1. The van der Waals surface area contributed by atoms with E-state index >= 15 is 0 Å². The van der Waals surface area contributed by atoms with Crippen molar-refractivity contribution in [2.45, 2.75) is 39.3 Å². The lowest BCUT2D eigenvalue weighted by Crippen LogP contribution is -2.46. The Labute approximate surface area is 196 Å². The van der Waals surface area contributed by atoms with Crippen molar-refractivity contribution in [3.05, 3.63) is 77.4 Å². The summed E-state index contributed by atoms with van der Waals surface area (Å²) in [6.45, 7) is 5.19. The van der Waals surface area contributed by atoms with Gasteiger partial charge < -0.3 is 19.5 Å². The Morgan fingerprint density at radius 1 is 1.03 bits per heavy atom. The van der Waals surface area contributed by atoms with Gasteiger partial charge in [0.1, 0.15) is 11.6 Å². The topological polar surface area (TPSA) is 67.6 Å². The molecule has 1 aromatic heterocycles. The predicted octanol–water partition coefficient (Wildman–Crippen LogP) is 3.73. The van der Waals surface area contributed by atoms with Crippen molar-refractivity contribution in [2.75, 3.05) is 20.2 Å². The third kappa shape index (κ3) is 6.12. The lowest BCUT2D eigenvalue weighted by atomic mass is 9.90. The number of guanidine groups is 1. The van der Waals surface area contributed by atoms with Crippen LogP contribution in [0.4, 0.5) is 0 Å². The maximum absolute atomic E-state index is 5.27. The molecule has 2 aromatic carbocycles. The van der Waals surface area contributed by atoms with Crippen LogP contribution in [0.3, 0.4) is 0 Å². The molecule has 3 aromatic rings. The van der Waals surface area contributed by atoms with Gasteiger partial charge in [0.25, 0.3) is 0 Å². The number of rotatable bonds is 7. The van der Waals surface area contributed by atoms with Crippen molar-refractivity contribution in [2.24, 2.45) is 18.0 Å². The fourth-order valence-corrected chi connectivity index (χ4v) is 4.22. The largest absolute Gasteiger partial charge is 0.497 e. The summed E-state index contributed by atoms with van der Waals surface area (Å²) in [7, 11) is 3.68. The van der Waals surface area contributed by atoms with Gasteiger partial charge in [-0.2, -0.15) is 0 Å². The molecule has 0 unspecified atom stereocenters. The minimum absolute atomic E-state index is 0.600. The molecule has 33 heavy (non-hydrogen) atoms. The van der Waals surface area contributed by atoms with E-state index in [0.29, 0.717) is 19.0 Å². The van der Waals surface area contributed by atoms with Gasteiger partial charge in [0.05, 0.1) is 20.2 Å². The molecule has 0 radical (unpaired) electrons. The second-order valence-electron chi connectivity index (χ2n) is 8.68. The molecule has 1 fully saturated rings. The van der Waals surface area contributed by atoms with Crippen LogP contribution in [-0.2, 0) is 26.6 Å². The summed E-state index contributed by atoms with van der Waals surface area (Å²) in [5.74, 6) is 4.32. The Morgan fingerprint density at radius 2 is 1.76 bits per heavy atom. The van der Waals surface area contributed by atoms with E-state index in [4.69, 9.17) is 9.73 Å². The highest BCUT2D eigenvalue weighted by molar-refractivity contribution is 5.80. The van der Waals surface area contributed by atoms with Gasteiger partial charge in [-0.25, -0.2) is 4.99 Å². The monoisotopic (exact) mass is 446 g/mol. The van der Waals surface area contributed by atoms with Crippen molar-refractivity contribution in [1.82, 2.24) is 25.0 Å². The number of hydrogen-bond acceptors (Lipinski definition) is 4. The highest BCUT2D eigenvalue weighted by Crippen LogP contribution is 2.22. The van der Waals surface area contributed by atoms with Crippen molar-refractivity contribution >= 4 is 5.96 Å². The molecule has 0 amide bonds. The number of ether oxygens (including phenoxy) is 1. The van der Waals surface area contributed by atoms with Crippen molar-refractivity contribution in [3.8, 4) is 5.75 Å². The molecule has 1 saturated heterocycles. The fraction of sp³-hybridized carbons (Fsp3) is 0.423. The van der Waals surface area contributed by atoms with E-state index in [9.17, 15) is 0 Å². The first-order chi connectivity index (χ1) is 16.1. The smallest absolute Gasteiger partial charge is 0.194 e. The minimum Gasteiger partial charge on any atom is -0.497 e. The van der Waals surface area contributed by atoms with Crippen LogP contribution in [0, 0.1) is 12.8 Å². The first kappa shape index (κ1) is 22.8. The molecule has 0 bridgehead atoms. The van der Waals surface area contributed by atoms with Crippen molar-refractivity contribution in [1.29, 1.82) is 0 Å². The third-order valence-electron chi connectivity index (χ3n) is 6.44. The molecule has 7 heteroatoms. The predicted molar refractivity (Wildman–Crippen MR) is 131 cm³/mol. The molecular formula is C26H34N6O. The second kappa shape index (κ2) is 11.0. The van der Waals surface area contributed by atoms with E-state index in [1.54, 1.807) is 7.11 Å². The molecule has 0 atom stereocenters. The molecule has 4 rings (SSSR count). The zero-order chi connectivity index (χ0) is 23.0. The normalized spacial score (nSPS) is 15.0. The van der Waals surface area contributed by atoms with Gasteiger partial charge in [-0.15, -0.1) is 10.2 Å². The van der Waals surface area contributed by atoms with Crippen LogP contribution < -0.4 is 10.1 Å². The molecule has 0 saturated carbocycles. The number of likely N-dealkylation sites (tertiary alicyclic amines) is 1. The molecule has 1 aliphatic rings. The second-order valence-corrected chi connectivity index (χ2v) is 8.68. The zero-order valence-electron chi connectivity index (χ0n) is 19.9. The lowest BCUT2D eigenvalue weighted by Gasteiger charge is -2.34. The Bertz CT molecular complexity index is 1040. The van der Waals surface area contributed by atoms with Crippen molar-refractivity contribution < 1.29 is 4.74 Å². The van der Waals surface area contributed by atoms with Gasteiger partial charge in [0, 0.05) is 20.1 Å². The fourth-order valence-electron chi connectivity index (χ4n) is 4.22.